The number of rotatable bonds is 7. The van der Waals surface area contributed by atoms with Crippen LogP contribution >= 0.6 is 11.6 Å². The fourth-order valence-electron chi connectivity index (χ4n) is 4.12. The quantitative estimate of drug-likeness (QED) is 0.503. The Labute approximate surface area is 190 Å². The van der Waals surface area contributed by atoms with Gasteiger partial charge in [0.2, 0.25) is 0 Å². The van der Waals surface area contributed by atoms with Crippen LogP contribution in [0.25, 0.3) is 0 Å². The molecule has 2 aromatic rings. The first-order valence-electron chi connectivity index (χ1n) is 11.0. The van der Waals surface area contributed by atoms with Gasteiger partial charge in [0.05, 0.1) is 0 Å². The first-order chi connectivity index (χ1) is 14.8. The Kier molecular flexibility index (Phi) is 7.84. The largest absolute Gasteiger partial charge is 0.457 e. The lowest BCUT2D eigenvalue weighted by Gasteiger charge is -2.30. The summed E-state index contributed by atoms with van der Waals surface area (Å²) in [4.78, 5) is 13.6. The van der Waals surface area contributed by atoms with Gasteiger partial charge < -0.3 is 14.4 Å². The lowest BCUT2D eigenvalue weighted by molar-refractivity contribution is 0.0313. The van der Waals surface area contributed by atoms with Crippen molar-refractivity contribution in [2.75, 3.05) is 20.6 Å². The third-order valence-electron chi connectivity index (χ3n) is 5.73. The number of carbonyl (C=O) groups excluding carboxylic acids is 1. The predicted octanol–water partition coefficient (Wildman–Crippen LogP) is 6.38. The highest BCUT2D eigenvalue weighted by molar-refractivity contribution is 6.30. The topological polar surface area (TPSA) is 50.8 Å². The van der Waals surface area contributed by atoms with E-state index in [1.54, 1.807) is 14.1 Å². The second-order valence-electron chi connectivity index (χ2n) is 8.67. The summed E-state index contributed by atoms with van der Waals surface area (Å²) in [5.41, 5.74) is 2.28. The zero-order chi connectivity index (χ0) is 22.5. The molecule has 3 atom stereocenters. The second kappa shape index (κ2) is 10.4. The van der Waals surface area contributed by atoms with Crippen molar-refractivity contribution in [3.8, 4) is 11.5 Å². The molecule has 1 amide bonds. The highest BCUT2D eigenvalue weighted by atomic mass is 35.5. The minimum Gasteiger partial charge on any atom is -0.457 e. The van der Waals surface area contributed by atoms with Crippen LogP contribution in [0.3, 0.4) is 0 Å². The first-order valence-corrected chi connectivity index (χ1v) is 11.4. The summed E-state index contributed by atoms with van der Waals surface area (Å²) >= 11 is 6.40. The Balaban J connectivity index is 1.96. The number of ether oxygens (including phenoxy) is 2. The molecule has 6 heteroatoms. The van der Waals surface area contributed by atoms with E-state index in [4.69, 9.17) is 21.1 Å². The monoisotopic (exact) mass is 444 g/mol. The number of hydrogen-bond donors (Lipinski definition) is 1. The molecule has 168 valence electrons. The molecular formula is C25H33ClN2O3. The molecule has 0 fully saturated rings. The Morgan fingerprint density at radius 3 is 2.52 bits per heavy atom. The summed E-state index contributed by atoms with van der Waals surface area (Å²) in [6, 6.07) is 14.1. The van der Waals surface area contributed by atoms with Crippen LogP contribution in [0.1, 0.15) is 56.6 Å². The number of fused-ring (bicyclic) bond motifs is 2. The van der Waals surface area contributed by atoms with Crippen molar-refractivity contribution >= 4 is 17.7 Å². The molecule has 0 aliphatic carbocycles. The normalized spacial score (nSPS) is 18.4. The molecular weight excluding hydrogens is 412 g/mol. The van der Waals surface area contributed by atoms with E-state index < -0.39 is 0 Å². The lowest BCUT2D eigenvalue weighted by Crippen LogP contribution is -2.43. The van der Waals surface area contributed by atoms with Crippen molar-refractivity contribution in [1.29, 1.82) is 0 Å². The predicted molar refractivity (Wildman–Crippen MR) is 125 cm³/mol. The number of carbonyl (C=O) groups is 1. The van der Waals surface area contributed by atoms with Gasteiger partial charge in [-0.1, -0.05) is 57.0 Å². The van der Waals surface area contributed by atoms with E-state index in [-0.39, 0.29) is 30.1 Å². The average molecular weight is 445 g/mol. The summed E-state index contributed by atoms with van der Waals surface area (Å²) in [6.45, 7) is 6.92. The molecule has 0 saturated heterocycles. The van der Waals surface area contributed by atoms with Crippen LogP contribution in [0.5, 0.6) is 11.5 Å². The zero-order valence-corrected chi connectivity index (χ0v) is 19.8. The van der Waals surface area contributed by atoms with Crippen molar-refractivity contribution in [2.24, 2.45) is 5.92 Å². The van der Waals surface area contributed by atoms with Gasteiger partial charge in [-0.25, -0.2) is 4.79 Å². The van der Waals surface area contributed by atoms with E-state index in [2.05, 4.69) is 24.4 Å². The SMILES string of the molecule is CCCC1c2ccccc2Oc2ccc(Cl)cc2C1CNC(OC(=O)N(C)C)C(C)C. The van der Waals surface area contributed by atoms with Crippen LogP contribution in [-0.2, 0) is 4.74 Å². The van der Waals surface area contributed by atoms with Gasteiger partial charge in [-0.05, 0) is 42.2 Å². The number of benzene rings is 2. The standard InChI is InChI=1S/C25H33ClN2O3/c1-6-9-18-19-10-7-8-11-22(19)30-23-13-12-17(26)14-20(23)21(18)15-27-24(16(2)3)31-25(29)28(4)5/h7-8,10-14,16,18,21,24,27H,6,9,15H2,1-5H3. The van der Waals surface area contributed by atoms with Crippen LogP contribution in [0.2, 0.25) is 5.02 Å². The van der Waals surface area contributed by atoms with Gasteiger partial charge in [0.25, 0.3) is 0 Å². The van der Waals surface area contributed by atoms with Gasteiger partial charge in [0, 0.05) is 43.1 Å². The average Bonchev–Trinajstić information content (AvgIpc) is 2.85. The molecule has 0 spiro atoms. The number of nitrogens with one attached hydrogen (secondary N) is 1. The number of halogens is 1. The van der Waals surface area contributed by atoms with Gasteiger partial charge >= 0.3 is 6.09 Å². The highest BCUT2D eigenvalue weighted by Gasteiger charge is 2.33. The molecule has 0 aromatic heterocycles. The van der Waals surface area contributed by atoms with Crippen LogP contribution in [0.4, 0.5) is 4.79 Å². The van der Waals surface area contributed by atoms with E-state index in [1.807, 2.05) is 44.2 Å². The molecule has 1 aliphatic heterocycles. The molecule has 3 unspecified atom stereocenters. The molecule has 1 aliphatic rings. The van der Waals surface area contributed by atoms with Crippen LogP contribution < -0.4 is 10.1 Å². The van der Waals surface area contributed by atoms with E-state index in [9.17, 15) is 4.79 Å². The summed E-state index contributed by atoms with van der Waals surface area (Å²) < 4.78 is 12.0. The maximum absolute atomic E-state index is 12.2. The van der Waals surface area contributed by atoms with Crippen molar-refractivity contribution in [3.63, 3.8) is 0 Å². The fraction of sp³-hybridized carbons (Fsp3) is 0.480. The van der Waals surface area contributed by atoms with Gasteiger partial charge in [0.1, 0.15) is 11.5 Å². The van der Waals surface area contributed by atoms with Crippen molar-refractivity contribution in [3.05, 3.63) is 58.6 Å². The molecule has 0 bridgehead atoms. The second-order valence-corrected chi connectivity index (χ2v) is 9.11. The minimum atomic E-state index is -0.390. The summed E-state index contributed by atoms with van der Waals surface area (Å²) in [5, 5.41) is 4.20. The molecule has 1 N–H and O–H groups in total. The molecule has 0 radical (unpaired) electrons. The molecule has 0 saturated carbocycles. The number of nitrogens with zero attached hydrogens (tertiary/aromatic N) is 1. The van der Waals surface area contributed by atoms with E-state index in [1.165, 1.54) is 10.5 Å². The molecule has 3 rings (SSSR count). The van der Waals surface area contributed by atoms with Gasteiger partial charge in [-0.3, -0.25) is 5.32 Å². The Hall–Kier alpha value is -2.24. The zero-order valence-electron chi connectivity index (χ0n) is 19.0. The van der Waals surface area contributed by atoms with E-state index in [0.29, 0.717) is 11.6 Å². The Morgan fingerprint density at radius 1 is 1.13 bits per heavy atom. The van der Waals surface area contributed by atoms with Crippen LogP contribution in [0.15, 0.2) is 42.5 Å². The van der Waals surface area contributed by atoms with Crippen molar-refractivity contribution in [1.82, 2.24) is 10.2 Å². The summed E-state index contributed by atoms with van der Waals surface area (Å²) in [6.07, 6.45) is 1.32. The van der Waals surface area contributed by atoms with Gasteiger partial charge in [-0.15, -0.1) is 0 Å². The number of para-hydroxylation sites is 1. The fourth-order valence-corrected chi connectivity index (χ4v) is 4.30. The third-order valence-corrected chi connectivity index (χ3v) is 5.97. The first kappa shape index (κ1) is 23.4. The molecule has 1 heterocycles. The minimum absolute atomic E-state index is 0.122. The lowest BCUT2D eigenvalue weighted by atomic mass is 9.78. The number of amides is 1. The van der Waals surface area contributed by atoms with Gasteiger partial charge in [0.15, 0.2) is 6.23 Å². The Morgan fingerprint density at radius 2 is 1.84 bits per heavy atom. The third kappa shape index (κ3) is 5.52. The van der Waals surface area contributed by atoms with Crippen molar-refractivity contribution < 1.29 is 14.3 Å². The maximum Gasteiger partial charge on any atom is 0.410 e. The van der Waals surface area contributed by atoms with E-state index >= 15 is 0 Å². The maximum atomic E-state index is 12.2. The van der Waals surface area contributed by atoms with Gasteiger partial charge in [-0.2, -0.15) is 0 Å². The summed E-state index contributed by atoms with van der Waals surface area (Å²) in [7, 11) is 3.38. The van der Waals surface area contributed by atoms with Crippen LogP contribution in [-0.4, -0.2) is 37.9 Å². The smallest absolute Gasteiger partial charge is 0.410 e. The molecule has 31 heavy (non-hydrogen) atoms. The molecule has 2 aromatic carbocycles. The number of hydrogen-bond acceptors (Lipinski definition) is 4. The highest BCUT2D eigenvalue weighted by Crippen LogP contribution is 2.48. The van der Waals surface area contributed by atoms with Crippen LogP contribution in [0, 0.1) is 5.92 Å². The summed E-state index contributed by atoms with van der Waals surface area (Å²) in [5.74, 6) is 2.23. The Bertz CT molecular complexity index is 900. The molecule has 5 nitrogen and oxygen atoms in total. The van der Waals surface area contributed by atoms with E-state index in [0.717, 1.165) is 29.9 Å². The van der Waals surface area contributed by atoms with Crippen molar-refractivity contribution in [2.45, 2.75) is 51.7 Å².